The Morgan fingerprint density at radius 3 is 2.48 bits per heavy atom. The maximum atomic E-state index is 12.8. The van der Waals surface area contributed by atoms with Crippen molar-refractivity contribution >= 4 is 21.8 Å². The molecule has 0 amide bonds. The molecule has 0 radical (unpaired) electrons. The molecule has 0 saturated heterocycles. The molecule has 3 nitrogen and oxygen atoms in total. The fourth-order valence-corrected chi connectivity index (χ4v) is 3.45. The van der Waals surface area contributed by atoms with Gasteiger partial charge in [0, 0.05) is 19.5 Å². The Balaban J connectivity index is 3.04. The van der Waals surface area contributed by atoms with Crippen LogP contribution in [0, 0.1) is 18.1 Å². The van der Waals surface area contributed by atoms with Gasteiger partial charge < -0.3 is 0 Å². The first kappa shape index (κ1) is 19.6. The lowest BCUT2D eigenvalue weighted by molar-refractivity contribution is 0.450. The van der Waals surface area contributed by atoms with Crippen LogP contribution in [-0.4, -0.2) is 32.1 Å². The standard InChI is InChI=1S/C18H23NO2S2/c1-16(2)8-7-14-19(13-5-6-15-22-4)23(20,21)18-11-9-17(3)10-12-18/h7,9-12H,5,13-14H2,1-4H3. The predicted octanol–water partition coefficient (Wildman–Crippen LogP) is 3.82. The molecule has 0 aliphatic heterocycles. The summed E-state index contributed by atoms with van der Waals surface area (Å²) in [6.45, 7) is 6.45. The van der Waals surface area contributed by atoms with E-state index >= 15 is 0 Å². The zero-order valence-corrected chi connectivity index (χ0v) is 15.7. The molecule has 0 aliphatic rings. The molecule has 124 valence electrons. The van der Waals surface area contributed by atoms with Gasteiger partial charge in [-0.3, -0.25) is 0 Å². The maximum absolute atomic E-state index is 12.8. The summed E-state index contributed by atoms with van der Waals surface area (Å²) in [5.74, 6) is 2.96. The number of rotatable bonds is 6. The molecule has 0 spiro atoms. The third-order valence-electron chi connectivity index (χ3n) is 3.00. The summed E-state index contributed by atoms with van der Waals surface area (Å²) in [4.78, 5) is 0.312. The van der Waals surface area contributed by atoms with Crippen LogP contribution in [0.3, 0.4) is 0 Å². The second-order valence-corrected chi connectivity index (χ2v) is 7.81. The van der Waals surface area contributed by atoms with Gasteiger partial charge in [-0.25, -0.2) is 8.42 Å². The second kappa shape index (κ2) is 9.64. The summed E-state index contributed by atoms with van der Waals surface area (Å²) in [5, 5.41) is 2.89. The molecule has 23 heavy (non-hydrogen) atoms. The topological polar surface area (TPSA) is 37.4 Å². The second-order valence-electron chi connectivity index (χ2n) is 5.26. The number of thioether (sulfide) groups is 1. The zero-order valence-electron chi connectivity index (χ0n) is 14.1. The molecule has 1 rings (SSSR count). The number of benzene rings is 1. The Bertz CT molecular complexity index is 727. The van der Waals surface area contributed by atoms with Gasteiger partial charge in [0.2, 0.25) is 10.0 Å². The van der Waals surface area contributed by atoms with Gasteiger partial charge in [-0.2, -0.15) is 4.31 Å². The van der Waals surface area contributed by atoms with Crippen LogP contribution in [0.4, 0.5) is 0 Å². The fourth-order valence-electron chi connectivity index (χ4n) is 1.82. The first-order valence-corrected chi connectivity index (χ1v) is 10.0. The summed E-state index contributed by atoms with van der Waals surface area (Å²) in [6, 6.07) is 6.92. The Hall–Kier alpha value is -1.44. The van der Waals surface area contributed by atoms with Gasteiger partial charge in [0.05, 0.1) is 4.90 Å². The molecule has 0 unspecified atom stereocenters. The van der Waals surface area contributed by atoms with E-state index in [2.05, 4.69) is 16.9 Å². The lowest BCUT2D eigenvalue weighted by Crippen LogP contribution is -2.32. The van der Waals surface area contributed by atoms with E-state index in [1.54, 1.807) is 18.2 Å². The van der Waals surface area contributed by atoms with Crippen molar-refractivity contribution in [2.45, 2.75) is 32.1 Å². The zero-order chi connectivity index (χ0) is 17.3. The number of hydrogen-bond acceptors (Lipinski definition) is 3. The van der Waals surface area contributed by atoms with Crippen LogP contribution < -0.4 is 0 Å². The Labute approximate surface area is 144 Å². The van der Waals surface area contributed by atoms with Crippen molar-refractivity contribution in [2.75, 3.05) is 19.3 Å². The molecule has 0 N–H and O–H groups in total. The van der Waals surface area contributed by atoms with Gasteiger partial charge in [-0.1, -0.05) is 35.4 Å². The summed E-state index contributed by atoms with van der Waals surface area (Å²) >= 11 is 1.43. The minimum absolute atomic E-state index is 0.294. The van der Waals surface area contributed by atoms with Crippen molar-refractivity contribution in [3.63, 3.8) is 0 Å². The highest BCUT2D eigenvalue weighted by atomic mass is 32.2. The van der Waals surface area contributed by atoms with E-state index < -0.39 is 10.0 Å². The lowest BCUT2D eigenvalue weighted by Gasteiger charge is -2.19. The number of sulfonamides is 1. The average molecular weight is 350 g/mol. The van der Waals surface area contributed by atoms with E-state index in [9.17, 15) is 8.42 Å². The normalized spacial score (nSPS) is 10.7. The number of aryl methyl sites for hydroxylation is 1. The largest absolute Gasteiger partial charge is 0.243 e. The van der Waals surface area contributed by atoms with Crippen molar-refractivity contribution in [3.8, 4) is 11.2 Å². The van der Waals surface area contributed by atoms with E-state index in [0.29, 0.717) is 24.4 Å². The van der Waals surface area contributed by atoms with E-state index in [4.69, 9.17) is 0 Å². The highest BCUT2D eigenvalue weighted by Gasteiger charge is 2.22. The van der Waals surface area contributed by atoms with Crippen molar-refractivity contribution in [1.29, 1.82) is 0 Å². The van der Waals surface area contributed by atoms with Crippen molar-refractivity contribution in [2.24, 2.45) is 0 Å². The average Bonchev–Trinajstić information content (AvgIpc) is 2.49. The lowest BCUT2D eigenvalue weighted by atomic mass is 10.2. The van der Waals surface area contributed by atoms with E-state index in [-0.39, 0.29) is 0 Å². The van der Waals surface area contributed by atoms with Gasteiger partial charge in [-0.15, -0.1) is 5.73 Å². The minimum atomic E-state index is -3.52. The smallest absolute Gasteiger partial charge is 0.207 e. The van der Waals surface area contributed by atoms with Crippen LogP contribution in [-0.2, 0) is 10.0 Å². The summed E-state index contributed by atoms with van der Waals surface area (Å²) in [7, 11) is -3.52. The Morgan fingerprint density at radius 2 is 1.91 bits per heavy atom. The molecule has 0 aromatic heterocycles. The van der Waals surface area contributed by atoms with Crippen LogP contribution in [0.25, 0.3) is 0 Å². The quantitative estimate of drug-likeness (QED) is 0.579. The van der Waals surface area contributed by atoms with Crippen molar-refractivity contribution < 1.29 is 8.42 Å². The molecule has 0 bridgehead atoms. The number of hydrogen-bond donors (Lipinski definition) is 0. The van der Waals surface area contributed by atoms with Gasteiger partial charge >= 0.3 is 0 Å². The maximum Gasteiger partial charge on any atom is 0.243 e. The molecule has 5 heteroatoms. The minimum Gasteiger partial charge on any atom is -0.207 e. The van der Waals surface area contributed by atoms with Crippen LogP contribution in [0.2, 0.25) is 0 Å². The van der Waals surface area contributed by atoms with Crippen LogP contribution in [0.15, 0.2) is 46.5 Å². The van der Waals surface area contributed by atoms with E-state index in [1.807, 2.05) is 39.2 Å². The van der Waals surface area contributed by atoms with Crippen LogP contribution in [0.5, 0.6) is 0 Å². The molecule has 0 atom stereocenters. The third kappa shape index (κ3) is 6.68. The molecular weight excluding hydrogens is 326 g/mol. The first-order valence-electron chi connectivity index (χ1n) is 7.34. The first-order chi connectivity index (χ1) is 10.9. The molecule has 0 heterocycles. The van der Waals surface area contributed by atoms with E-state index in [0.717, 1.165) is 11.1 Å². The van der Waals surface area contributed by atoms with Crippen molar-refractivity contribution in [1.82, 2.24) is 4.31 Å². The summed E-state index contributed by atoms with van der Waals surface area (Å²) in [6.07, 6.45) is 4.16. The van der Waals surface area contributed by atoms with Crippen molar-refractivity contribution in [3.05, 3.63) is 47.2 Å². The molecule has 1 aromatic rings. The third-order valence-corrected chi connectivity index (χ3v) is 5.23. The predicted molar refractivity (Wildman–Crippen MR) is 98.8 cm³/mol. The molecule has 0 fully saturated rings. The van der Waals surface area contributed by atoms with Gasteiger partial charge in [0.1, 0.15) is 0 Å². The molecule has 0 saturated carbocycles. The van der Waals surface area contributed by atoms with E-state index in [1.165, 1.54) is 16.1 Å². The molecule has 0 aliphatic carbocycles. The highest BCUT2D eigenvalue weighted by Crippen LogP contribution is 2.16. The van der Waals surface area contributed by atoms with Gasteiger partial charge in [-0.05, 0) is 56.1 Å². The number of nitrogens with zero attached hydrogens (tertiary/aromatic N) is 1. The Kier molecular flexibility index (Phi) is 8.22. The summed E-state index contributed by atoms with van der Waals surface area (Å²) in [5.41, 5.74) is 5.10. The van der Waals surface area contributed by atoms with Gasteiger partial charge in [0.15, 0.2) is 0 Å². The molecule has 1 aromatic carbocycles. The SMILES string of the molecule is CSC#CCCN(CC=C=C(C)C)S(=O)(=O)c1ccc(C)cc1. The van der Waals surface area contributed by atoms with Crippen LogP contribution >= 0.6 is 11.8 Å². The highest BCUT2D eigenvalue weighted by molar-refractivity contribution is 8.03. The van der Waals surface area contributed by atoms with Crippen LogP contribution in [0.1, 0.15) is 25.8 Å². The summed E-state index contributed by atoms with van der Waals surface area (Å²) < 4.78 is 27.0. The Morgan fingerprint density at radius 1 is 1.26 bits per heavy atom. The molecular formula is C18H23NO2S2. The van der Waals surface area contributed by atoms with Gasteiger partial charge in [0.25, 0.3) is 0 Å². The monoisotopic (exact) mass is 349 g/mol. The fraction of sp³-hybridized carbons (Fsp3) is 0.389.